The minimum absolute atomic E-state index is 0.0464. The SMILES string of the molecule is COC1CC(OC2CC[C@@]3(C)[C@H](CC[C@@H]4[C@@H]3C(O)C[C@]3(C)[C@@H](C5=CC(=O)OC5)CC[C@]43O)C2)OC(C)C1O. The molecule has 4 aliphatic carbocycles. The van der Waals surface area contributed by atoms with Gasteiger partial charge in [-0.25, -0.2) is 4.79 Å². The molecule has 38 heavy (non-hydrogen) atoms. The highest BCUT2D eigenvalue weighted by atomic mass is 16.7. The number of ether oxygens (including phenoxy) is 4. The summed E-state index contributed by atoms with van der Waals surface area (Å²) in [6, 6.07) is 0. The number of aliphatic hydroxyl groups excluding tert-OH is 2. The summed E-state index contributed by atoms with van der Waals surface area (Å²) in [5.41, 5.74) is -0.389. The number of hydrogen-bond donors (Lipinski definition) is 3. The van der Waals surface area contributed by atoms with Crippen molar-refractivity contribution in [3.63, 3.8) is 0 Å². The molecule has 0 amide bonds. The highest BCUT2D eigenvalue weighted by molar-refractivity contribution is 5.85. The fourth-order valence-corrected chi connectivity index (χ4v) is 10.1. The Balaban J connectivity index is 1.18. The third-order valence-corrected chi connectivity index (χ3v) is 12.2. The van der Waals surface area contributed by atoms with E-state index in [-0.39, 0.29) is 53.7 Å². The van der Waals surface area contributed by atoms with Crippen LogP contribution in [-0.4, -0.2) is 77.4 Å². The topological polar surface area (TPSA) is 115 Å². The van der Waals surface area contributed by atoms with E-state index >= 15 is 0 Å². The number of cyclic esters (lactones) is 1. The molecule has 2 heterocycles. The van der Waals surface area contributed by atoms with Crippen LogP contribution in [0.1, 0.15) is 78.6 Å². The van der Waals surface area contributed by atoms with Crippen LogP contribution in [0.25, 0.3) is 0 Å². The van der Waals surface area contributed by atoms with Crippen LogP contribution in [0.15, 0.2) is 11.6 Å². The summed E-state index contributed by atoms with van der Waals surface area (Å²) in [5.74, 6) is 0.285. The van der Waals surface area contributed by atoms with Crippen LogP contribution >= 0.6 is 0 Å². The second-order valence-electron chi connectivity index (χ2n) is 13.7. The molecule has 6 rings (SSSR count). The number of rotatable bonds is 4. The summed E-state index contributed by atoms with van der Waals surface area (Å²) in [7, 11) is 1.62. The molecular weight excluding hydrogens is 488 g/mol. The lowest BCUT2D eigenvalue weighted by atomic mass is 9.42. The molecule has 13 atom stereocenters. The Morgan fingerprint density at radius 3 is 2.58 bits per heavy atom. The van der Waals surface area contributed by atoms with E-state index in [4.69, 9.17) is 18.9 Å². The zero-order valence-corrected chi connectivity index (χ0v) is 23.3. The Kier molecular flexibility index (Phi) is 6.80. The van der Waals surface area contributed by atoms with Gasteiger partial charge in [0.1, 0.15) is 12.7 Å². The van der Waals surface area contributed by atoms with Crippen LogP contribution in [-0.2, 0) is 23.7 Å². The average molecular weight is 535 g/mol. The summed E-state index contributed by atoms with van der Waals surface area (Å²) in [5, 5.41) is 34.5. The quantitative estimate of drug-likeness (QED) is 0.372. The normalized spacial score (nSPS) is 54.5. The second kappa shape index (κ2) is 9.52. The van der Waals surface area contributed by atoms with Gasteiger partial charge in [0.05, 0.1) is 30.0 Å². The molecule has 3 N–H and O–H groups in total. The number of carbonyl (C=O) groups is 1. The number of carbonyl (C=O) groups excluding carboxylic acids is 1. The van der Waals surface area contributed by atoms with E-state index in [0.29, 0.717) is 31.8 Å². The van der Waals surface area contributed by atoms with Crippen LogP contribution in [0, 0.1) is 34.5 Å². The number of aliphatic hydroxyl groups is 3. The molecule has 2 aliphatic heterocycles. The summed E-state index contributed by atoms with van der Waals surface area (Å²) in [6.45, 7) is 6.65. The third kappa shape index (κ3) is 3.96. The Bertz CT molecular complexity index is 968. The summed E-state index contributed by atoms with van der Waals surface area (Å²) in [4.78, 5) is 11.8. The minimum Gasteiger partial charge on any atom is -0.458 e. The molecule has 5 fully saturated rings. The molecule has 8 heteroatoms. The molecule has 6 unspecified atom stereocenters. The van der Waals surface area contributed by atoms with E-state index in [2.05, 4.69) is 13.8 Å². The summed E-state index contributed by atoms with van der Waals surface area (Å²) < 4.78 is 23.1. The average Bonchev–Trinajstić information content (AvgIpc) is 3.41. The van der Waals surface area contributed by atoms with Gasteiger partial charge in [-0.2, -0.15) is 0 Å². The first kappa shape index (κ1) is 27.2. The van der Waals surface area contributed by atoms with Crippen molar-refractivity contribution in [1.29, 1.82) is 0 Å². The Morgan fingerprint density at radius 2 is 1.87 bits per heavy atom. The lowest BCUT2D eigenvalue weighted by molar-refractivity contribution is -0.278. The van der Waals surface area contributed by atoms with Gasteiger partial charge < -0.3 is 34.3 Å². The van der Waals surface area contributed by atoms with Crippen molar-refractivity contribution < 1.29 is 39.1 Å². The van der Waals surface area contributed by atoms with Gasteiger partial charge in [-0.3, -0.25) is 0 Å². The predicted molar refractivity (Wildman–Crippen MR) is 138 cm³/mol. The first-order chi connectivity index (χ1) is 18.0. The molecule has 214 valence electrons. The maximum absolute atomic E-state index is 12.4. The summed E-state index contributed by atoms with van der Waals surface area (Å²) >= 11 is 0. The molecule has 4 saturated carbocycles. The fourth-order valence-electron chi connectivity index (χ4n) is 10.1. The standard InChI is InChI=1S/C30H46O8/c1-16-27(33)23(35-4)13-25(37-16)38-19-7-9-28(2)18(12-19)5-6-21-26(28)22(31)14-29(3)20(8-10-30(21,29)34)17-11-24(32)36-15-17/h11,16,18-23,25-27,31,33-34H,5-10,12-15H2,1-4H3/t16?,18-,19?,20-,21-,22?,23?,25?,26-,27?,28+,29-,30+/m1/s1. The monoisotopic (exact) mass is 534 g/mol. The van der Waals surface area contributed by atoms with Crippen LogP contribution < -0.4 is 0 Å². The molecule has 0 spiro atoms. The van der Waals surface area contributed by atoms with Gasteiger partial charge in [-0.15, -0.1) is 0 Å². The van der Waals surface area contributed by atoms with Crippen molar-refractivity contribution in [2.75, 3.05) is 13.7 Å². The van der Waals surface area contributed by atoms with E-state index < -0.39 is 23.2 Å². The van der Waals surface area contributed by atoms with E-state index in [1.54, 1.807) is 13.2 Å². The Labute approximate surface area is 226 Å². The van der Waals surface area contributed by atoms with Gasteiger partial charge in [-0.1, -0.05) is 13.8 Å². The molecule has 0 radical (unpaired) electrons. The third-order valence-electron chi connectivity index (χ3n) is 12.2. The van der Waals surface area contributed by atoms with Crippen LogP contribution in [0.5, 0.6) is 0 Å². The van der Waals surface area contributed by atoms with Crippen molar-refractivity contribution in [1.82, 2.24) is 0 Å². The van der Waals surface area contributed by atoms with E-state index in [0.717, 1.165) is 44.1 Å². The minimum atomic E-state index is -0.850. The van der Waals surface area contributed by atoms with Crippen molar-refractivity contribution in [3.8, 4) is 0 Å². The van der Waals surface area contributed by atoms with E-state index in [1.807, 2.05) is 6.92 Å². The van der Waals surface area contributed by atoms with Gasteiger partial charge in [0.2, 0.25) is 0 Å². The number of hydrogen-bond acceptors (Lipinski definition) is 8. The lowest BCUT2D eigenvalue weighted by Gasteiger charge is -2.65. The van der Waals surface area contributed by atoms with Gasteiger partial charge in [0, 0.05) is 25.0 Å². The van der Waals surface area contributed by atoms with Crippen LogP contribution in [0.2, 0.25) is 0 Å². The smallest absolute Gasteiger partial charge is 0.331 e. The number of methoxy groups -OCH3 is 1. The van der Waals surface area contributed by atoms with Crippen molar-refractivity contribution in [2.24, 2.45) is 34.5 Å². The zero-order valence-electron chi connectivity index (χ0n) is 23.3. The number of esters is 1. The van der Waals surface area contributed by atoms with Crippen LogP contribution in [0.3, 0.4) is 0 Å². The maximum Gasteiger partial charge on any atom is 0.331 e. The molecule has 0 aromatic carbocycles. The Morgan fingerprint density at radius 1 is 1.08 bits per heavy atom. The first-order valence-electron chi connectivity index (χ1n) is 14.8. The second-order valence-corrected chi connectivity index (χ2v) is 13.7. The summed E-state index contributed by atoms with van der Waals surface area (Å²) in [6.07, 6.45) is 6.83. The van der Waals surface area contributed by atoms with Gasteiger partial charge in [-0.05, 0) is 93.0 Å². The van der Waals surface area contributed by atoms with E-state index in [9.17, 15) is 20.1 Å². The highest BCUT2D eigenvalue weighted by Crippen LogP contribution is 2.70. The van der Waals surface area contributed by atoms with Gasteiger partial charge in [0.15, 0.2) is 6.29 Å². The molecule has 6 aliphatic rings. The van der Waals surface area contributed by atoms with Gasteiger partial charge >= 0.3 is 5.97 Å². The predicted octanol–water partition coefficient (Wildman–Crippen LogP) is 3.11. The van der Waals surface area contributed by atoms with Crippen molar-refractivity contribution >= 4 is 5.97 Å². The molecule has 0 aromatic rings. The molecular formula is C30H46O8. The lowest BCUT2D eigenvalue weighted by Crippen LogP contribution is -2.66. The Hall–Kier alpha value is -1.03. The van der Waals surface area contributed by atoms with Crippen LogP contribution in [0.4, 0.5) is 0 Å². The number of fused-ring (bicyclic) bond motifs is 5. The van der Waals surface area contributed by atoms with Gasteiger partial charge in [0.25, 0.3) is 0 Å². The van der Waals surface area contributed by atoms with E-state index in [1.165, 1.54) is 0 Å². The molecule has 0 aromatic heterocycles. The fraction of sp³-hybridized carbons (Fsp3) is 0.900. The zero-order chi connectivity index (χ0) is 27.0. The molecule has 1 saturated heterocycles. The largest absolute Gasteiger partial charge is 0.458 e. The highest BCUT2D eigenvalue weighted by Gasteiger charge is 2.70. The first-order valence-corrected chi connectivity index (χ1v) is 14.8. The molecule has 0 bridgehead atoms. The molecule has 8 nitrogen and oxygen atoms in total. The maximum atomic E-state index is 12.4. The van der Waals surface area contributed by atoms with Crippen molar-refractivity contribution in [3.05, 3.63) is 11.6 Å². The van der Waals surface area contributed by atoms with Crippen molar-refractivity contribution in [2.45, 2.75) is 121 Å².